The van der Waals surface area contributed by atoms with E-state index in [-0.39, 0.29) is 6.61 Å². The second-order valence-electron chi connectivity index (χ2n) is 9.45. The molecule has 0 aromatic carbocycles. The van der Waals surface area contributed by atoms with E-state index in [0.29, 0.717) is 6.42 Å². The summed E-state index contributed by atoms with van der Waals surface area (Å²) in [7, 11) is -4.87. The van der Waals surface area contributed by atoms with Gasteiger partial charge in [-0.25, -0.2) is 0 Å². The highest BCUT2D eigenvalue weighted by Crippen LogP contribution is 2.42. The number of rotatable bonds is 16. The van der Waals surface area contributed by atoms with E-state index >= 15 is 0 Å². The number of hydrogen-bond donors (Lipinski definition) is 7. The standard InChI is InChI=1S/C22H44NO13P/c1-2-3-4-5-6-7-8-9-10-32-37(30,31)36-21-15(23)17(27)20(14(12-25)34-21)35-22-19(29)18(28)16(26)13(11-24)33-22/h13-22,24-29H,2-12,23H2,1H3,(H,30,31)/p-1/t13-,14-,15+,16+,17-,18+,19-,20-,21-,22+/m1/s1. The Balaban J connectivity index is 1.86. The minimum atomic E-state index is -4.87. The molecule has 0 amide bonds. The third kappa shape index (κ3) is 9.69. The Bertz CT molecular complexity index is 687. The van der Waals surface area contributed by atoms with Gasteiger partial charge in [0.1, 0.15) is 42.7 Å². The van der Waals surface area contributed by atoms with Crippen molar-refractivity contribution in [1.29, 1.82) is 0 Å². The zero-order chi connectivity index (χ0) is 27.6. The number of ether oxygens (including phenoxy) is 3. The Kier molecular flexibility index (Phi) is 14.3. The highest BCUT2D eigenvalue weighted by Gasteiger charge is 2.50. The van der Waals surface area contributed by atoms with E-state index < -0.39 is 82.4 Å². The average Bonchev–Trinajstić information content (AvgIpc) is 2.87. The van der Waals surface area contributed by atoms with Crippen molar-refractivity contribution in [3.63, 3.8) is 0 Å². The molecule has 2 heterocycles. The van der Waals surface area contributed by atoms with Crippen LogP contribution in [0, 0.1) is 0 Å². The summed E-state index contributed by atoms with van der Waals surface area (Å²) in [5, 5.41) is 59.7. The molecule has 0 aromatic heterocycles. The Labute approximate surface area is 216 Å². The molecule has 2 aliphatic heterocycles. The van der Waals surface area contributed by atoms with Crippen molar-refractivity contribution in [3.8, 4) is 0 Å². The van der Waals surface area contributed by atoms with Crippen molar-refractivity contribution in [2.24, 2.45) is 5.73 Å². The third-order valence-corrected chi connectivity index (χ3v) is 7.49. The summed E-state index contributed by atoms with van der Waals surface area (Å²) < 4.78 is 38.2. The Morgan fingerprint density at radius 2 is 1.38 bits per heavy atom. The molecule has 11 atom stereocenters. The van der Waals surface area contributed by atoms with Gasteiger partial charge in [-0.05, 0) is 6.42 Å². The smallest absolute Gasteiger partial charge is 0.270 e. The molecular weight excluding hydrogens is 517 g/mol. The largest absolute Gasteiger partial charge is 0.756 e. The molecular formula is C22H43NO13P-. The van der Waals surface area contributed by atoms with Crippen LogP contribution in [0.2, 0.25) is 0 Å². The first-order chi connectivity index (χ1) is 17.6. The number of aliphatic hydroxyl groups is 6. The van der Waals surface area contributed by atoms with Crippen molar-refractivity contribution < 1.29 is 63.4 Å². The maximum atomic E-state index is 12.3. The average molecular weight is 561 g/mol. The fourth-order valence-electron chi connectivity index (χ4n) is 4.26. The van der Waals surface area contributed by atoms with E-state index in [1.54, 1.807) is 0 Å². The lowest BCUT2D eigenvalue weighted by atomic mass is 9.96. The molecule has 15 heteroatoms. The van der Waals surface area contributed by atoms with Crippen molar-refractivity contribution >= 4 is 7.82 Å². The number of nitrogens with two attached hydrogens (primary N) is 1. The molecule has 2 fully saturated rings. The van der Waals surface area contributed by atoms with Crippen LogP contribution in [0.4, 0.5) is 0 Å². The predicted octanol–water partition coefficient (Wildman–Crippen LogP) is -1.78. The molecule has 14 nitrogen and oxygen atoms in total. The minimum Gasteiger partial charge on any atom is -0.756 e. The van der Waals surface area contributed by atoms with E-state index in [1.807, 2.05) is 0 Å². The second kappa shape index (κ2) is 16.1. The summed E-state index contributed by atoms with van der Waals surface area (Å²) in [6.07, 6.45) is -6.20. The van der Waals surface area contributed by atoms with Crippen LogP contribution < -0.4 is 10.6 Å². The summed E-state index contributed by atoms with van der Waals surface area (Å²) in [5.41, 5.74) is 5.91. The maximum absolute atomic E-state index is 12.3. The molecule has 0 aromatic rings. The first kappa shape index (κ1) is 32.9. The van der Waals surface area contributed by atoms with Crippen LogP contribution in [0.1, 0.15) is 58.3 Å². The van der Waals surface area contributed by atoms with Crippen molar-refractivity contribution in [2.75, 3.05) is 19.8 Å². The lowest BCUT2D eigenvalue weighted by molar-refractivity contribution is -0.346. The first-order valence-electron chi connectivity index (χ1n) is 12.9. The lowest BCUT2D eigenvalue weighted by Gasteiger charge is -2.46. The van der Waals surface area contributed by atoms with Gasteiger partial charge in [0.05, 0.1) is 25.9 Å². The van der Waals surface area contributed by atoms with Crippen LogP contribution in [0.3, 0.4) is 0 Å². The topological polar surface area (TPSA) is 234 Å². The van der Waals surface area contributed by atoms with Crippen molar-refractivity contribution in [2.45, 2.75) is 120 Å². The van der Waals surface area contributed by atoms with Gasteiger partial charge in [0, 0.05) is 0 Å². The molecule has 220 valence electrons. The first-order valence-corrected chi connectivity index (χ1v) is 14.3. The third-order valence-electron chi connectivity index (χ3n) is 6.52. The number of hydrogen-bond acceptors (Lipinski definition) is 14. The molecule has 2 aliphatic rings. The van der Waals surface area contributed by atoms with E-state index in [2.05, 4.69) is 6.92 Å². The van der Waals surface area contributed by atoms with Gasteiger partial charge in [0.2, 0.25) is 0 Å². The fourth-order valence-corrected chi connectivity index (χ4v) is 5.11. The number of aliphatic hydroxyl groups excluding tert-OH is 6. The Hall–Kier alpha value is -0.290. The van der Waals surface area contributed by atoms with Crippen LogP contribution in [-0.2, 0) is 27.8 Å². The lowest BCUT2D eigenvalue weighted by Crippen LogP contribution is -2.66. The quantitative estimate of drug-likeness (QED) is 0.0817. The zero-order valence-corrected chi connectivity index (χ0v) is 22.0. The molecule has 0 bridgehead atoms. The maximum Gasteiger partial charge on any atom is 0.270 e. The van der Waals surface area contributed by atoms with Crippen LogP contribution in [-0.4, -0.2) is 112 Å². The van der Waals surface area contributed by atoms with Gasteiger partial charge in [-0.3, -0.25) is 9.09 Å². The summed E-state index contributed by atoms with van der Waals surface area (Å²) in [6, 6.07) is -1.48. The van der Waals surface area contributed by atoms with Crippen LogP contribution >= 0.6 is 7.82 Å². The number of unbranched alkanes of at least 4 members (excludes halogenated alkanes) is 7. The predicted molar refractivity (Wildman–Crippen MR) is 126 cm³/mol. The molecule has 0 saturated carbocycles. The van der Waals surface area contributed by atoms with Crippen molar-refractivity contribution in [1.82, 2.24) is 0 Å². The molecule has 8 N–H and O–H groups in total. The van der Waals surface area contributed by atoms with Gasteiger partial charge >= 0.3 is 0 Å². The molecule has 1 unspecified atom stereocenters. The molecule has 2 rings (SSSR count). The van der Waals surface area contributed by atoms with Gasteiger partial charge in [-0.15, -0.1) is 0 Å². The summed E-state index contributed by atoms with van der Waals surface area (Å²) >= 11 is 0. The van der Waals surface area contributed by atoms with Crippen LogP contribution in [0.5, 0.6) is 0 Å². The van der Waals surface area contributed by atoms with Crippen LogP contribution in [0.15, 0.2) is 0 Å². The van der Waals surface area contributed by atoms with E-state index in [4.69, 9.17) is 29.0 Å². The molecule has 37 heavy (non-hydrogen) atoms. The highest BCUT2D eigenvalue weighted by molar-refractivity contribution is 7.45. The number of phosphoric acid groups is 1. The molecule has 0 spiro atoms. The van der Waals surface area contributed by atoms with Gasteiger partial charge in [-0.2, -0.15) is 0 Å². The SMILES string of the molecule is CCCCCCCCCCOP(=O)([O-])O[C@H]1O[C@H](CO)[C@@H](O[C@@H]2O[C@H](CO)[C@H](O)[C@H](O)[C@H]2O)[C@H](O)[C@@H]1N. The van der Waals surface area contributed by atoms with E-state index in [0.717, 1.165) is 25.7 Å². The van der Waals surface area contributed by atoms with E-state index in [9.17, 15) is 40.1 Å². The fraction of sp³-hybridized carbons (Fsp3) is 1.00. The monoisotopic (exact) mass is 560 g/mol. The number of phosphoric ester groups is 1. The van der Waals surface area contributed by atoms with Gasteiger partial charge in [0.15, 0.2) is 12.6 Å². The summed E-state index contributed by atoms with van der Waals surface area (Å²) in [4.78, 5) is 12.3. The van der Waals surface area contributed by atoms with Gasteiger partial charge < -0.3 is 60.0 Å². The van der Waals surface area contributed by atoms with Crippen molar-refractivity contribution in [3.05, 3.63) is 0 Å². The van der Waals surface area contributed by atoms with Crippen LogP contribution in [0.25, 0.3) is 0 Å². The molecule has 2 saturated heterocycles. The van der Waals surface area contributed by atoms with E-state index in [1.165, 1.54) is 19.3 Å². The zero-order valence-electron chi connectivity index (χ0n) is 21.1. The second-order valence-corrected chi connectivity index (χ2v) is 10.8. The summed E-state index contributed by atoms with van der Waals surface area (Å²) in [6.45, 7) is 0.582. The normalized spacial score (nSPS) is 38.4. The Morgan fingerprint density at radius 1 is 0.811 bits per heavy atom. The minimum absolute atomic E-state index is 0.0908. The highest BCUT2D eigenvalue weighted by atomic mass is 31.2. The van der Waals surface area contributed by atoms with Gasteiger partial charge in [-0.1, -0.05) is 51.9 Å². The van der Waals surface area contributed by atoms with Gasteiger partial charge in [0.25, 0.3) is 7.82 Å². The summed E-state index contributed by atoms with van der Waals surface area (Å²) in [5.74, 6) is 0. The molecule has 0 aliphatic carbocycles. The molecule has 0 radical (unpaired) electrons. The Morgan fingerprint density at radius 3 is 1.97 bits per heavy atom.